The Hall–Kier alpha value is -2.68. The van der Waals surface area contributed by atoms with Crippen LogP contribution in [-0.2, 0) is 9.59 Å². The molecule has 6 heteroatoms. The molecule has 1 aliphatic heterocycles. The molecule has 1 N–H and O–H groups in total. The predicted molar refractivity (Wildman–Crippen MR) is 85.0 cm³/mol. The van der Waals surface area contributed by atoms with Crippen LogP contribution in [0.5, 0.6) is 11.5 Å². The molecule has 0 aliphatic carbocycles. The molecule has 0 radical (unpaired) electrons. The fraction of sp³-hybridized carbons (Fsp3) is 0.412. The Balaban J connectivity index is 1.70. The van der Waals surface area contributed by atoms with Crippen molar-refractivity contribution in [1.82, 2.24) is 10.2 Å². The van der Waals surface area contributed by atoms with Gasteiger partial charge >= 0.3 is 0 Å². The van der Waals surface area contributed by atoms with Crippen molar-refractivity contribution < 1.29 is 19.1 Å². The summed E-state index contributed by atoms with van der Waals surface area (Å²) in [6.07, 6.45) is 0.271. The molecule has 122 valence electrons. The van der Waals surface area contributed by atoms with Crippen LogP contribution in [0.1, 0.15) is 6.42 Å². The van der Waals surface area contributed by atoms with E-state index in [1.807, 2.05) is 18.2 Å². The number of ether oxygens (including phenoxy) is 2. The Morgan fingerprint density at radius 2 is 2.09 bits per heavy atom. The quantitative estimate of drug-likeness (QED) is 0.811. The SMILES string of the molecule is COc1ccccc1OCC#CCNC(=O)[C@H]1CC(=O)N(C)C1. The molecule has 1 heterocycles. The van der Waals surface area contributed by atoms with Gasteiger partial charge in [-0.05, 0) is 12.1 Å². The number of likely N-dealkylation sites (tertiary alicyclic amines) is 1. The Labute approximate surface area is 135 Å². The molecular weight excluding hydrogens is 296 g/mol. The van der Waals surface area contributed by atoms with Crippen molar-refractivity contribution >= 4 is 11.8 Å². The fourth-order valence-electron chi connectivity index (χ4n) is 2.28. The molecule has 1 aromatic rings. The third-order valence-corrected chi connectivity index (χ3v) is 3.56. The van der Waals surface area contributed by atoms with Crippen LogP contribution in [0.2, 0.25) is 0 Å². The van der Waals surface area contributed by atoms with Crippen molar-refractivity contribution in [2.75, 3.05) is 33.9 Å². The van der Waals surface area contributed by atoms with Gasteiger partial charge in [0.1, 0.15) is 6.61 Å². The van der Waals surface area contributed by atoms with Gasteiger partial charge in [0.25, 0.3) is 0 Å². The number of carbonyl (C=O) groups is 2. The van der Waals surface area contributed by atoms with E-state index in [2.05, 4.69) is 17.2 Å². The molecule has 0 spiro atoms. The van der Waals surface area contributed by atoms with Crippen LogP contribution in [0, 0.1) is 17.8 Å². The Bertz CT molecular complexity index is 633. The lowest BCUT2D eigenvalue weighted by molar-refractivity contribution is -0.128. The molecule has 2 amide bonds. The number of amides is 2. The summed E-state index contributed by atoms with van der Waals surface area (Å²) in [5.41, 5.74) is 0. The van der Waals surface area contributed by atoms with E-state index in [9.17, 15) is 9.59 Å². The summed E-state index contributed by atoms with van der Waals surface area (Å²) in [7, 11) is 3.28. The average molecular weight is 316 g/mol. The summed E-state index contributed by atoms with van der Waals surface area (Å²) < 4.78 is 10.7. The second-order valence-electron chi connectivity index (χ2n) is 5.19. The standard InChI is InChI=1S/C17H20N2O4/c1-19-12-13(11-16(19)20)17(21)18-9-5-6-10-23-15-8-4-3-7-14(15)22-2/h3-4,7-8,13H,9-12H2,1-2H3,(H,18,21)/t13-/m0/s1. The van der Waals surface area contributed by atoms with Crippen molar-refractivity contribution in [3.05, 3.63) is 24.3 Å². The zero-order valence-corrected chi connectivity index (χ0v) is 13.3. The van der Waals surface area contributed by atoms with Gasteiger partial charge in [-0.25, -0.2) is 0 Å². The van der Waals surface area contributed by atoms with Gasteiger partial charge in [0.2, 0.25) is 11.8 Å². The predicted octanol–water partition coefficient (Wildman–Crippen LogP) is 0.672. The van der Waals surface area contributed by atoms with E-state index in [1.165, 1.54) is 0 Å². The van der Waals surface area contributed by atoms with Gasteiger partial charge in [0.15, 0.2) is 11.5 Å². The molecular formula is C17H20N2O4. The number of hydrogen-bond donors (Lipinski definition) is 1. The lowest BCUT2D eigenvalue weighted by Gasteiger charge is -2.09. The monoisotopic (exact) mass is 316 g/mol. The second-order valence-corrected chi connectivity index (χ2v) is 5.19. The number of rotatable bonds is 5. The summed E-state index contributed by atoms with van der Waals surface area (Å²) in [5, 5.41) is 2.72. The topological polar surface area (TPSA) is 67.9 Å². The van der Waals surface area contributed by atoms with Crippen LogP contribution >= 0.6 is 0 Å². The largest absolute Gasteiger partial charge is 0.493 e. The van der Waals surface area contributed by atoms with Crippen molar-refractivity contribution in [2.45, 2.75) is 6.42 Å². The molecule has 1 saturated heterocycles. The molecule has 1 aliphatic rings. The maximum Gasteiger partial charge on any atom is 0.226 e. The van der Waals surface area contributed by atoms with Crippen LogP contribution in [0.25, 0.3) is 0 Å². The van der Waals surface area contributed by atoms with Crippen LogP contribution in [0.4, 0.5) is 0 Å². The van der Waals surface area contributed by atoms with Crippen molar-refractivity contribution in [1.29, 1.82) is 0 Å². The molecule has 1 fully saturated rings. The first kappa shape index (κ1) is 16.7. The zero-order valence-electron chi connectivity index (χ0n) is 13.3. The molecule has 0 unspecified atom stereocenters. The van der Waals surface area contributed by atoms with Crippen molar-refractivity contribution in [3.8, 4) is 23.3 Å². The van der Waals surface area contributed by atoms with Crippen LogP contribution in [0.3, 0.4) is 0 Å². The third-order valence-electron chi connectivity index (χ3n) is 3.56. The number of methoxy groups -OCH3 is 1. The number of nitrogens with one attached hydrogen (secondary N) is 1. The first-order valence-electron chi connectivity index (χ1n) is 7.35. The summed E-state index contributed by atoms with van der Waals surface area (Å²) >= 11 is 0. The van der Waals surface area contributed by atoms with Gasteiger partial charge in [-0.15, -0.1) is 0 Å². The highest BCUT2D eigenvalue weighted by Crippen LogP contribution is 2.25. The molecule has 0 aromatic heterocycles. The summed E-state index contributed by atoms with van der Waals surface area (Å²) in [5.74, 6) is 6.52. The third kappa shape index (κ3) is 4.65. The highest BCUT2D eigenvalue weighted by atomic mass is 16.5. The Kier molecular flexibility index (Phi) is 5.87. The molecule has 0 saturated carbocycles. The van der Waals surface area contributed by atoms with Crippen molar-refractivity contribution in [2.24, 2.45) is 5.92 Å². The smallest absolute Gasteiger partial charge is 0.226 e. The molecule has 0 bridgehead atoms. The number of para-hydroxylation sites is 2. The number of carbonyl (C=O) groups excluding carboxylic acids is 2. The maximum atomic E-state index is 11.9. The van der Waals surface area contributed by atoms with Crippen LogP contribution in [0.15, 0.2) is 24.3 Å². The van der Waals surface area contributed by atoms with Crippen LogP contribution < -0.4 is 14.8 Å². The minimum atomic E-state index is -0.279. The minimum absolute atomic E-state index is 0.00134. The van der Waals surface area contributed by atoms with E-state index in [4.69, 9.17) is 9.47 Å². The van der Waals surface area contributed by atoms with E-state index in [1.54, 1.807) is 25.1 Å². The van der Waals surface area contributed by atoms with E-state index in [0.717, 1.165) is 0 Å². The number of benzene rings is 1. The molecule has 1 atom stereocenters. The fourth-order valence-corrected chi connectivity index (χ4v) is 2.28. The summed E-state index contributed by atoms with van der Waals surface area (Å²) in [6.45, 7) is 0.915. The lowest BCUT2D eigenvalue weighted by atomic mass is 10.1. The van der Waals surface area contributed by atoms with Gasteiger partial charge in [-0.2, -0.15) is 0 Å². The van der Waals surface area contributed by atoms with Gasteiger partial charge < -0.3 is 19.7 Å². The number of hydrogen-bond acceptors (Lipinski definition) is 4. The van der Waals surface area contributed by atoms with E-state index in [-0.39, 0.29) is 37.3 Å². The van der Waals surface area contributed by atoms with E-state index < -0.39 is 0 Å². The van der Waals surface area contributed by atoms with Gasteiger partial charge in [-0.3, -0.25) is 9.59 Å². The highest BCUT2D eigenvalue weighted by Gasteiger charge is 2.31. The normalized spacial score (nSPS) is 16.5. The molecule has 2 rings (SSSR count). The van der Waals surface area contributed by atoms with E-state index in [0.29, 0.717) is 18.0 Å². The maximum absolute atomic E-state index is 11.9. The number of nitrogens with zero attached hydrogens (tertiary/aromatic N) is 1. The minimum Gasteiger partial charge on any atom is -0.493 e. The molecule has 1 aromatic carbocycles. The van der Waals surface area contributed by atoms with Gasteiger partial charge in [0.05, 0.1) is 19.6 Å². The van der Waals surface area contributed by atoms with Crippen LogP contribution in [-0.4, -0.2) is 50.6 Å². The molecule has 6 nitrogen and oxygen atoms in total. The average Bonchev–Trinajstić information content (AvgIpc) is 2.90. The Morgan fingerprint density at radius 3 is 2.74 bits per heavy atom. The summed E-state index contributed by atoms with van der Waals surface area (Å²) in [4.78, 5) is 24.8. The second kappa shape index (κ2) is 8.08. The van der Waals surface area contributed by atoms with Crippen molar-refractivity contribution in [3.63, 3.8) is 0 Å². The molecule has 23 heavy (non-hydrogen) atoms. The Morgan fingerprint density at radius 1 is 1.35 bits per heavy atom. The van der Waals surface area contributed by atoms with E-state index >= 15 is 0 Å². The van der Waals surface area contributed by atoms with Gasteiger partial charge in [0, 0.05) is 20.0 Å². The van der Waals surface area contributed by atoms with Gasteiger partial charge in [-0.1, -0.05) is 24.0 Å². The first-order valence-corrected chi connectivity index (χ1v) is 7.35. The lowest BCUT2D eigenvalue weighted by Crippen LogP contribution is -2.32. The zero-order chi connectivity index (χ0) is 16.7. The highest BCUT2D eigenvalue weighted by molar-refractivity contribution is 5.89. The first-order chi connectivity index (χ1) is 11.1. The summed E-state index contributed by atoms with van der Waals surface area (Å²) in [6, 6.07) is 7.32.